The Balaban J connectivity index is 2.72. The summed E-state index contributed by atoms with van der Waals surface area (Å²) < 4.78 is 61.4. The van der Waals surface area contributed by atoms with Crippen molar-refractivity contribution in [3.8, 4) is 0 Å². The minimum absolute atomic E-state index is 0.102. The molecule has 0 amide bonds. The first-order chi connectivity index (χ1) is 8.13. The Bertz CT molecular complexity index is 397. The van der Waals surface area contributed by atoms with E-state index in [1.807, 2.05) is 0 Å². The Hall–Kier alpha value is -0.830. The molecule has 1 atom stereocenters. The molecule has 5 nitrogen and oxygen atoms in total. The van der Waals surface area contributed by atoms with Crippen LogP contribution in [0, 0.1) is 5.92 Å². The molecule has 9 heteroatoms. The Morgan fingerprint density at radius 2 is 1.83 bits per heavy atom. The van der Waals surface area contributed by atoms with E-state index in [0.717, 1.165) is 12.8 Å². The van der Waals surface area contributed by atoms with Crippen molar-refractivity contribution in [2.24, 2.45) is 5.92 Å². The van der Waals surface area contributed by atoms with E-state index in [9.17, 15) is 26.4 Å². The van der Waals surface area contributed by atoms with Gasteiger partial charge in [0.15, 0.2) is 6.10 Å². The minimum atomic E-state index is -5.86. The first-order valence-electron chi connectivity index (χ1n) is 5.36. The monoisotopic (exact) mass is 290 g/mol. The standard InChI is InChI=1S/C9H13F3O5S/c10-9(11,12)18(15,16)17-7(8(13)14)5-6-3-1-2-4-6/h6-7H,1-5H2,(H,13,14). The van der Waals surface area contributed by atoms with Crippen LogP contribution in [0.25, 0.3) is 0 Å². The first-order valence-corrected chi connectivity index (χ1v) is 6.76. The minimum Gasteiger partial charge on any atom is -0.479 e. The van der Waals surface area contributed by atoms with Crippen LogP contribution in [-0.4, -0.2) is 31.1 Å². The average molecular weight is 290 g/mol. The molecule has 106 valence electrons. The Labute approximate surface area is 102 Å². The number of carbonyl (C=O) groups is 1. The van der Waals surface area contributed by atoms with Gasteiger partial charge in [-0.15, -0.1) is 0 Å². The van der Waals surface area contributed by atoms with Gasteiger partial charge in [-0.1, -0.05) is 25.7 Å². The van der Waals surface area contributed by atoms with Gasteiger partial charge in [0.2, 0.25) is 0 Å². The molecule has 1 aliphatic rings. The van der Waals surface area contributed by atoms with Gasteiger partial charge in [0.1, 0.15) is 0 Å². The number of aliphatic carboxylic acids is 1. The molecule has 1 N–H and O–H groups in total. The molecule has 0 aromatic carbocycles. The highest BCUT2D eigenvalue weighted by Crippen LogP contribution is 2.32. The molecular weight excluding hydrogens is 277 g/mol. The van der Waals surface area contributed by atoms with Gasteiger partial charge in [0.25, 0.3) is 0 Å². The molecule has 1 saturated carbocycles. The third-order valence-corrected chi connectivity index (χ3v) is 3.88. The SMILES string of the molecule is O=C(O)C(CC1CCCC1)OS(=O)(=O)C(F)(F)F. The molecule has 0 aromatic heterocycles. The Morgan fingerprint density at radius 3 is 2.22 bits per heavy atom. The van der Waals surface area contributed by atoms with Crippen LogP contribution in [-0.2, 0) is 19.1 Å². The van der Waals surface area contributed by atoms with E-state index in [1.54, 1.807) is 0 Å². The molecule has 18 heavy (non-hydrogen) atoms. The topological polar surface area (TPSA) is 80.7 Å². The summed E-state index contributed by atoms with van der Waals surface area (Å²) in [6.07, 6.45) is 0.898. The van der Waals surface area contributed by atoms with E-state index in [4.69, 9.17) is 5.11 Å². The molecule has 0 radical (unpaired) electrons. The summed E-state index contributed by atoms with van der Waals surface area (Å²) in [5.74, 6) is -1.80. The predicted molar refractivity (Wildman–Crippen MR) is 54.1 cm³/mol. The van der Waals surface area contributed by atoms with Crippen molar-refractivity contribution in [1.29, 1.82) is 0 Å². The number of alkyl halides is 3. The maximum absolute atomic E-state index is 12.1. The summed E-state index contributed by atoms with van der Waals surface area (Å²) in [6.45, 7) is 0. The molecule has 1 rings (SSSR count). The van der Waals surface area contributed by atoms with Crippen LogP contribution in [0.3, 0.4) is 0 Å². The van der Waals surface area contributed by atoms with Gasteiger partial charge in [0.05, 0.1) is 0 Å². The van der Waals surface area contributed by atoms with E-state index >= 15 is 0 Å². The maximum atomic E-state index is 12.1. The molecule has 1 unspecified atom stereocenters. The Morgan fingerprint density at radius 1 is 1.33 bits per heavy atom. The van der Waals surface area contributed by atoms with Crippen molar-refractivity contribution in [3.63, 3.8) is 0 Å². The molecular formula is C9H13F3O5S. The van der Waals surface area contributed by atoms with Crippen LogP contribution in [0.15, 0.2) is 0 Å². The fourth-order valence-electron chi connectivity index (χ4n) is 1.94. The lowest BCUT2D eigenvalue weighted by Gasteiger charge is -2.17. The normalized spacial score (nSPS) is 19.9. The summed E-state index contributed by atoms with van der Waals surface area (Å²) in [5, 5.41) is 8.71. The zero-order valence-corrected chi connectivity index (χ0v) is 10.1. The van der Waals surface area contributed by atoms with Crippen molar-refractivity contribution < 1.29 is 35.7 Å². The number of halogens is 3. The summed E-state index contributed by atoms with van der Waals surface area (Å²) in [7, 11) is -5.86. The van der Waals surface area contributed by atoms with Crippen LogP contribution < -0.4 is 0 Å². The van der Waals surface area contributed by atoms with Crippen molar-refractivity contribution >= 4 is 16.1 Å². The molecule has 0 heterocycles. The molecule has 0 spiro atoms. The van der Waals surface area contributed by atoms with Gasteiger partial charge in [-0.2, -0.15) is 21.6 Å². The Kier molecular flexibility index (Phi) is 4.60. The second-order valence-electron chi connectivity index (χ2n) is 4.21. The van der Waals surface area contributed by atoms with Crippen LogP contribution in [0.4, 0.5) is 13.2 Å². The van der Waals surface area contributed by atoms with E-state index in [0.29, 0.717) is 12.8 Å². The molecule has 0 bridgehead atoms. The molecule has 0 aromatic rings. The quantitative estimate of drug-likeness (QED) is 0.617. The van der Waals surface area contributed by atoms with Gasteiger partial charge in [-0.05, 0) is 12.3 Å². The van der Waals surface area contributed by atoms with Crippen LogP contribution in [0.1, 0.15) is 32.1 Å². The second-order valence-corrected chi connectivity index (χ2v) is 5.77. The first kappa shape index (κ1) is 15.2. The molecule has 0 saturated heterocycles. The zero-order chi connectivity index (χ0) is 14.0. The van der Waals surface area contributed by atoms with E-state index in [2.05, 4.69) is 4.18 Å². The van der Waals surface area contributed by atoms with Crippen molar-refractivity contribution in [2.45, 2.75) is 43.7 Å². The number of rotatable bonds is 5. The lowest BCUT2D eigenvalue weighted by Crippen LogP contribution is -2.35. The maximum Gasteiger partial charge on any atom is 0.523 e. The largest absolute Gasteiger partial charge is 0.523 e. The smallest absolute Gasteiger partial charge is 0.479 e. The highest BCUT2D eigenvalue weighted by Gasteiger charge is 2.49. The number of hydrogen-bond donors (Lipinski definition) is 1. The van der Waals surface area contributed by atoms with Crippen molar-refractivity contribution in [1.82, 2.24) is 0 Å². The number of hydrogen-bond acceptors (Lipinski definition) is 4. The number of carboxylic acid groups (broad SMARTS) is 1. The van der Waals surface area contributed by atoms with Gasteiger partial charge >= 0.3 is 21.6 Å². The highest BCUT2D eigenvalue weighted by atomic mass is 32.2. The summed E-state index contributed by atoms with van der Waals surface area (Å²) in [6, 6.07) is 0. The second kappa shape index (κ2) is 5.43. The third-order valence-electron chi connectivity index (χ3n) is 2.82. The highest BCUT2D eigenvalue weighted by molar-refractivity contribution is 7.87. The van der Waals surface area contributed by atoms with Gasteiger partial charge in [-0.3, -0.25) is 0 Å². The fraction of sp³-hybridized carbons (Fsp3) is 0.889. The van der Waals surface area contributed by atoms with E-state index in [-0.39, 0.29) is 12.3 Å². The van der Waals surface area contributed by atoms with Gasteiger partial charge in [0, 0.05) is 0 Å². The van der Waals surface area contributed by atoms with Crippen LogP contribution >= 0.6 is 0 Å². The summed E-state index contributed by atoms with van der Waals surface area (Å²) in [5.41, 5.74) is -5.60. The van der Waals surface area contributed by atoms with Gasteiger partial charge < -0.3 is 5.11 Å². The molecule has 0 aliphatic heterocycles. The predicted octanol–water partition coefficient (Wildman–Crippen LogP) is 1.89. The lowest BCUT2D eigenvalue weighted by molar-refractivity contribution is -0.146. The fourth-order valence-corrected chi connectivity index (χ4v) is 2.51. The summed E-state index contributed by atoms with van der Waals surface area (Å²) in [4.78, 5) is 10.7. The molecule has 1 fully saturated rings. The average Bonchev–Trinajstić information content (AvgIpc) is 2.67. The van der Waals surface area contributed by atoms with Crippen molar-refractivity contribution in [3.05, 3.63) is 0 Å². The van der Waals surface area contributed by atoms with E-state index in [1.165, 1.54) is 0 Å². The van der Waals surface area contributed by atoms with E-state index < -0.39 is 27.7 Å². The summed E-state index contributed by atoms with van der Waals surface area (Å²) >= 11 is 0. The lowest BCUT2D eigenvalue weighted by atomic mass is 10.0. The van der Waals surface area contributed by atoms with Crippen molar-refractivity contribution in [2.75, 3.05) is 0 Å². The molecule has 1 aliphatic carbocycles. The van der Waals surface area contributed by atoms with Crippen LogP contribution in [0.2, 0.25) is 0 Å². The number of carboxylic acids is 1. The third kappa shape index (κ3) is 3.84. The zero-order valence-electron chi connectivity index (χ0n) is 9.31. The van der Waals surface area contributed by atoms with Crippen LogP contribution in [0.5, 0.6) is 0 Å². The van der Waals surface area contributed by atoms with Gasteiger partial charge in [-0.25, -0.2) is 8.98 Å².